The second kappa shape index (κ2) is 7.12. The predicted octanol–water partition coefficient (Wildman–Crippen LogP) is 1.76. The molecule has 0 rings (SSSR count). The molecule has 0 heterocycles. The van der Waals surface area contributed by atoms with Gasteiger partial charge in [0, 0.05) is 6.04 Å². The highest BCUT2D eigenvalue weighted by Crippen LogP contribution is 2.12. The van der Waals surface area contributed by atoms with E-state index in [1.807, 2.05) is 20.8 Å². The van der Waals surface area contributed by atoms with Gasteiger partial charge in [-0.1, -0.05) is 13.8 Å². The van der Waals surface area contributed by atoms with Gasteiger partial charge < -0.3 is 11.1 Å². The maximum atomic E-state index is 11.9. The van der Waals surface area contributed by atoms with Gasteiger partial charge in [-0.15, -0.1) is 0 Å². The summed E-state index contributed by atoms with van der Waals surface area (Å²) in [7, 11) is 0. The first-order valence-corrected chi connectivity index (χ1v) is 6.98. The Morgan fingerprint density at radius 3 is 2.40 bits per heavy atom. The number of hydrogen-bond acceptors (Lipinski definition) is 3. The van der Waals surface area contributed by atoms with E-state index in [1.165, 1.54) is 0 Å². The van der Waals surface area contributed by atoms with Crippen LogP contribution in [-0.2, 0) is 4.79 Å². The monoisotopic (exact) mass is 232 g/mol. The molecule has 0 radical (unpaired) electrons. The minimum Gasteiger partial charge on any atom is -0.352 e. The van der Waals surface area contributed by atoms with Crippen LogP contribution < -0.4 is 11.1 Å². The molecule has 15 heavy (non-hydrogen) atoms. The van der Waals surface area contributed by atoms with Gasteiger partial charge in [0.25, 0.3) is 0 Å². The number of rotatable bonds is 7. The second-order valence-corrected chi connectivity index (χ2v) is 5.00. The molecular weight excluding hydrogens is 208 g/mol. The fraction of sp³-hybridized carbons (Fsp3) is 0.909. The zero-order chi connectivity index (χ0) is 11.9. The Bertz CT molecular complexity index is 193. The van der Waals surface area contributed by atoms with Crippen molar-refractivity contribution in [2.75, 3.05) is 12.0 Å². The van der Waals surface area contributed by atoms with Crippen molar-refractivity contribution in [2.24, 2.45) is 5.73 Å². The molecule has 0 aromatic carbocycles. The summed E-state index contributed by atoms with van der Waals surface area (Å²) in [6.07, 6.45) is 4.44. The van der Waals surface area contributed by atoms with E-state index in [0.29, 0.717) is 12.8 Å². The molecule has 0 bridgehead atoms. The summed E-state index contributed by atoms with van der Waals surface area (Å²) < 4.78 is 0. The average molecular weight is 232 g/mol. The van der Waals surface area contributed by atoms with Crippen molar-refractivity contribution in [3.8, 4) is 0 Å². The topological polar surface area (TPSA) is 55.1 Å². The van der Waals surface area contributed by atoms with Crippen molar-refractivity contribution in [2.45, 2.75) is 51.6 Å². The highest BCUT2D eigenvalue weighted by Gasteiger charge is 2.30. The Kier molecular flexibility index (Phi) is 7.02. The van der Waals surface area contributed by atoms with E-state index >= 15 is 0 Å². The van der Waals surface area contributed by atoms with Gasteiger partial charge in [0.1, 0.15) is 0 Å². The molecule has 0 spiro atoms. The third-order valence-electron chi connectivity index (χ3n) is 2.85. The molecule has 3 N–H and O–H groups in total. The van der Waals surface area contributed by atoms with E-state index in [0.717, 1.165) is 12.2 Å². The highest BCUT2D eigenvalue weighted by molar-refractivity contribution is 7.98. The Morgan fingerprint density at radius 2 is 2.00 bits per heavy atom. The molecule has 0 aliphatic heterocycles. The Morgan fingerprint density at radius 1 is 1.47 bits per heavy atom. The van der Waals surface area contributed by atoms with Crippen LogP contribution in [0.5, 0.6) is 0 Å². The third kappa shape index (κ3) is 4.89. The minimum atomic E-state index is -0.687. The number of amides is 1. The second-order valence-electron chi connectivity index (χ2n) is 4.02. The van der Waals surface area contributed by atoms with Crippen LogP contribution in [0.1, 0.15) is 40.0 Å². The van der Waals surface area contributed by atoms with Crippen molar-refractivity contribution in [3.63, 3.8) is 0 Å². The minimum absolute atomic E-state index is 0.0129. The number of nitrogens with two attached hydrogens (primary N) is 1. The van der Waals surface area contributed by atoms with Crippen LogP contribution in [0, 0.1) is 0 Å². The van der Waals surface area contributed by atoms with Crippen LogP contribution >= 0.6 is 11.8 Å². The summed E-state index contributed by atoms with van der Waals surface area (Å²) in [6, 6.07) is 0.214. The maximum absolute atomic E-state index is 11.9. The molecule has 0 saturated carbocycles. The SMILES string of the molecule is CCC(N)(CC)C(=O)NC(C)CCSC. The lowest BCUT2D eigenvalue weighted by atomic mass is 9.93. The summed E-state index contributed by atoms with van der Waals surface area (Å²) in [4.78, 5) is 11.9. The number of hydrogen-bond donors (Lipinski definition) is 2. The van der Waals surface area contributed by atoms with Crippen molar-refractivity contribution >= 4 is 17.7 Å². The molecule has 4 heteroatoms. The summed E-state index contributed by atoms with van der Waals surface area (Å²) in [5, 5.41) is 2.98. The molecule has 0 aromatic heterocycles. The van der Waals surface area contributed by atoms with Gasteiger partial charge in [0.05, 0.1) is 5.54 Å². The number of carbonyl (C=O) groups excluding carboxylic acids is 1. The Balaban J connectivity index is 4.10. The van der Waals surface area contributed by atoms with Crippen molar-refractivity contribution in [1.82, 2.24) is 5.32 Å². The zero-order valence-electron chi connectivity index (χ0n) is 10.3. The zero-order valence-corrected chi connectivity index (χ0v) is 11.1. The van der Waals surface area contributed by atoms with Gasteiger partial charge in [-0.2, -0.15) is 11.8 Å². The third-order valence-corrected chi connectivity index (χ3v) is 3.49. The van der Waals surface area contributed by atoms with Crippen molar-refractivity contribution in [3.05, 3.63) is 0 Å². The number of carbonyl (C=O) groups is 1. The summed E-state index contributed by atoms with van der Waals surface area (Å²) in [5.74, 6) is 1.05. The van der Waals surface area contributed by atoms with Crippen LogP contribution in [0.3, 0.4) is 0 Å². The first-order valence-electron chi connectivity index (χ1n) is 5.59. The standard InChI is InChI=1S/C11H24N2OS/c1-5-11(12,6-2)10(14)13-9(3)7-8-15-4/h9H,5-8,12H2,1-4H3,(H,13,14). The van der Waals surface area contributed by atoms with Crippen LogP contribution in [0.4, 0.5) is 0 Å². The molecule has 1 unspecified atom stereocenters. The number of thioether (sulfide) groups is 1. The van der Waals surface area contributed by atoms with Crippen LogP contribution in [0.25, 0.3) is 0 Å². The molecule has 0 aliphatic carbocycles. The van der Waals surface area contributed by atoms with Crippen molar-refractivity contribution < 1.29 is 4.79 Å². The molecule has 1 amide bonds. The van der Waals surface area contributed by atoms with E-state index in [-0.39, 0.29) is 11.9 Å². The van der Waals surface area contributed by atoms with Crippen LogP contribution in [0.2, 0.25) is 0 Å². The first kappa shape index (κ1) is 14.8. The van der Waals surface area contributed by atoms with Gasteiger partial charge in [0.2, 0.25) is 5.91 Å². The number of nitrogens with one attached hydrogen (secondary N) is 1. The molecule has 0 aromatic rings. The van der Waals surface area contributed by atoms with Crippen LogP contribution in [-0.4, -0.2) is 29.5 Å². The quantitative estimate of drug-likeness (QED) is 0.703. The first-order chi connectivity index (χ1) is 7.00. The normalized spacial score (nSPS) is 13.7. The smallest absolute Gasteiger partial charge is 0.240 e. The van der Waals surface area contributed by atoms with Gasteiger partial charge in [-0.05, 0) is 38.2 Å². The summed E-state index contributed by atoms with van der Waals surface area (Å²) in [6.45, 7) is 5.94. The highest BCUT2D eigenvalue weighted by atomic mass is 32.2. The molecule has 0 saturated heterocycles. The van der Waals surface area contributed by atoms with E-state index < -0.39 is 5.54 Å². The predicted molar refractivity (Wildman–Crippen MR) is 68.1 cm³/mol. The average Bonchev–Trinajstić information content (AvgIpc) is 2.24. The summed E-state index contributed by atoms with van der Waals surface area (Å²) in [5.41, 5.74) is 5.31. The van der Waals surface area contributed by atoms with Gasteiger partial charge in [-0.25, -0.2) is 0 Å². The Labute approximate surface area is 97.6 Å². The van der Waals surface area contributed by atoms with Crippen molar-refractivity contribution in [1.29, 1.82) is 0 Å². The van der Waals surface area contributed by atoms with E-state index in [9.17, 15) is 4.79 Å². The van der Waals surface area contributed by atoms with E-state index in [4.69, 9.17) is 5.73 Å². The van der Waals surface area contributed by atoms with Crippen LogP contribution in [0.15, 0.2) is 0 Å². The molecule has 90 valence electrons. The maximum Gasteiger partial charge on any atom is 0.240 e. The van der Waals surface area contributed by atoms with Gasteiger partial charge in [0.15, 0.2) is 0 Å². The lowest BCUT2D eigenvalue weighted by molar-refractivity contribution is -0.127. The lowest BCUT2D eigenvalue weighted by Crippen LogP contribution is -2.55. The fourth-order valence-electron chi connectivity index (χ4n) is 1.31. The molecule has 0 fully saturated rings. The van der Waals surface area contributed by atoms with Gasteiger partial charge in [-0.3, -0.25) is 4.79 Å². The fourth-order valence-corrected chi connectivity index (χ4v) is 1.89. The lowest BCUT2D eigenvalue weighted by Gasteiger charge is -2.27. The Hall–Kier alpha value is -0.220. The molecule has 0 aliphatic rings. The molecule has 1 atom stereocenters. The molecule has 3 nitrogen and oxygen atoms in total. The molecular formula is C11H24N2OS. The summed E-state index contributed by atoms with van der Waals surface area (Å²) >= 11 is 1.79. The van der Waals surface area contributed by atoms with Gasteiger partial charge >= 0.3 is 0 Å². The largest absolute Gasteiger partial charge is 0.352 e. The van der Waals surface area contributed by atoms with E-state index in [2.05, 4.69) is 11.6 Å². The van der Waals surface area contributed by atoms with E-state index in [1.54, 1.807) is 11.8 Å².